The van der Waals surface area contributed by atoms with E-state index in [-0.39, 0.29) is 44.4 Å². The van der Waals surface area contributed by atoms with E-state index in [1.165, 1.54) is 35.6 Å². The summed E-state index contributed by atoms with van der Waals surface area (Å²) in [6, 6.07) is -1.73. The summed E-state index contributed by atoms with van der Waals surface area (Å²) in [7, 11) is 0. The number of carbonyl (C=O) groups excluding carboxylic acids is 12. The monoisotopic (exact) mass is 1030 g/mol. The highest BCUT2D eigenvalue weighted by molar-refractivity contribution is 7.09. The second kappa shape index (κ2) is 27.2. The smallest absolute Gasteiger partial charge is 0.325 e. The maximum atomic E-state index is 14.5. The van der Waals surface area contributed by atoms with Crippen LogP contribution in [0.2, 0.25) is 0 Å². The largest absolute Gasteiger partial charge is 0.508 e. The van der Waals surface area contributed by atoms with E-state index in [0.29, 0.717) is 10.4 Å². The summed E-state index contributed by atoms with van der Waals surface area (Å²) in [6.07, 6.45) is -2.57. The molecule has 0 saturated carbocycles. The van der Waals surface area contributed by atoms with Crippen molar-refractivity contribution >= 4 is 82.2 Å². The Hall–Kier alpha value is -7.52. The molecule has 27 heteroatoms. The van der Waals surface area contributed by atoms with Crippen LogP contribution in [0, 0.1) is 5.92 Å². The van der Waals surface area contributed by atoms with Crippen LogP contribution in [0.25, 0.3) is 5.84 Å². The van der Waals surface area contributed by atoms with Crippen molar-refractivity contribution in [2.24, 2.45) is 23.1 Å². The number of nitrogens with two attached hydrogens (primary N) is 3. The number of phenols is 1. The maximum Gasteiger partial charge on any atom is 0.325 e. The summed E-state index contributed by atoms with van der Waals surface area (Å²) in [6.45, 7) is 1.98. The van der Waals surface area contributed by atoms with E-state index in [2.05, 4.69) is 37.2 Å². The number of thiophene rings is 1. The molecule has 9 atom stereocenters. The molecule has 0 spiro atoms. The van der Waals surface area contributed by atoms with Crippen LogP contribution in [0.3, 0.4) is 0 Å². The van der Waals surface area contributed by atoms with Gasteiger partial charge in [0.25, 0.3) is 5.91 Å². The third kappa shape index (κ3) is 17.1. The van der Waals surface area contributed by atoms with Crippen LogP contribution >= 0.6 is 11.3 Å². The minimum absolute atomic E-state index is 0.00891. The first-order chi connectivity index (χ1) is 34.1. The second-order valence-corrected chi connectivity index (χ2v) is 18.5. The lowest BCUT2D eigenvalue weighted by Crippen LogP contribution is -3.16. The summed E-state index contributed by atoms with van der Waals surface area (Å²) in [5.74, 6) is -3.13. The third-order valence-corrected chi connectivity index (χ3v) is 12.9. The molecule has 4 rings (SSSR count). The highest BCUT2D eigenvalue weighted by Crippen LogP contribution is 2.20. The summed E-state index contributed by atoms with van der Waals surface area (Å²) in [4.78, 5) is 163. The molecule has 4 unspecified atom stereocenters. The fourth-order valence-corrected chi connectivity index (χ4v) is 8.76. The average Bonchev–Trinajstić information content (AvgIpc) is 4.05. The summed E-state index contributed by atoms with van der Waals surface area (Å²) >= 11 is 1.30. The normalized spacial score (nSPS) is 23.7. The number of primary amides is 3. The number of phenolic OH excluding ortho intramolecular Hbond substituents is 1. The number of carbonyl (C=O) groups is 12. The highest BCUT2D eigenvalue weighted by Gasteiger charge is 2.42. The number of quaternary nitrogens is 1. The van der Waals surface area contributed by atoms with Gasteiger partial charge in [0, 0.05) is 56.0 Å². The van der Waals surface area contributed by atoms with Gasteiger partial charge in [-0.2, -0.15) is 0 Å². The zero-order valence-corrected chi connectivity index (χ0v) is 40.6. The molecule has 12 amide bonds. The number of nitrogens with zero attached hydrogens (tertiary/aromatic N) is 1. The van der Waals surface area contributed by atoms with E-state index < -0.39 is 169 Å². The number of hydrogen-bond acceptors (Lipinski definition) is 14. The van der Waals surface area contributed by atoms with Crippen LogP contribution < -0.4 is 59.4 Å². The Morgan fingerprint density at radius 1 is 0.861 bits per heavy atom. The Balaban J connectivity index is 1.72. The Labute approximate surface area is 417 Å². The molecule has 0 bridgehead atoms. The minimum atomic E-state index is -1.87. The van der Waals surface area contributed by atoms with E-state index in [1.54, 1.807) is 31.4 Å². The van der Waals surface area contributed by atoms with E-state index in [1.807, 2.05) is 0 Å². The Kier molecular flexibility index (Phi) is 21.5. The lowest BCUT2D eigenvalue weighted by molar-refractivity contribution is -0.790. The molecule has 0 aliphatic carbocycles. The van der Waals surface area contributed by atoms with E-state index >= 15 is 0 Å². The van der Waals surface area contributed by atoms with Gasteiger partial charge in [-0.25, -0.2) is 4.79 Å². The zero-order valence-electron chi connectivity index (χ0n) is 39.8. The van der Waals surface area contributed by atoms with E-state index in [4.69, 9.17) is 23.0 Å². The third-order valence-electron chi connectivity index (χ3n) is 12.0. The van der Waals surface area contributed by atoms with Crippen LogP contribution in [0.4, 0.5) is 0 Å². The molecule has 392 valence electrons. The lowest BCUT2D eigenvalue weighted by Gasteiger charge is -2.35. The van der Waals surface area contributed by atoms with Crippen molar-refractivity contribution in [3.63, 3.8) is 0 Å². The fourth-order valence-electron chi connectivity index (χ4n) is 8.01. The molecule has 72 heavy (non-hydrogen) atoms. The van der Waals surface area contributed by atoms with Gasteiger partial charge >= 0.3 is 5.91 Å². The number of hydrogen-bond donors (Lipinski definition) is 12. The molecule has 0 radical (unpaired) electrons. The first kappa shape index (κ1) is 57.1. The molecule has 16 N–H and O–H groups in total. The van der Waals surface area contributed by atoms with Gasteiger partial charge in [-0.05, 0) is 54.8 Å². The molecule has 2 fully saturated rings. The first-order valence-electron chi connectivity index (χ1n) is 23.2. The highest BCUT2D eigenvalue weighted by atomic mass is 32.1. The zero-order chi connectivity index (χ0) is 53.2. The molecular weight excluding hydrogens is 963 g/mol. The standard InChI is InChI=1S/C45H63N13O13S/c1-3-23(2)38-43(69)53-27(12-13-33(46)60)40(66)54-29(20-34(47)61)41(67)56-31(21-50-36(63)14-15-37(64)52-30(45(71)58(38)49)18-24-8-10-25(59)11-9-24)44(70)57-16-4-7-32(57)42(68)55-28(19-26-6-5-17-72-26)39(65)51-22-35(48)62/h5-6,8-11,17,23,27-32,38,49,58-59H,3-4,7,12-16,18-22H2,1-2H3,(H2,46,60)(H2,47,61)(H2,48,62)(H,50,63)(H,51,65)(H,52,64)(H,53,69)(H,54,66)(H,55,68)(H,56,67)/t23?,27-,28-,29-,30-,31-,32?,38?/m0/s1. The number of nitrogens with one attached hydrogen (secondary N) is 9. The second-order valence-electron chi connectivity index (χ2n) is 17.5. The number of rotatable bonds is 17. The van der Waals surface area contributed by atoms with Crippen LogP contribution in [0.15, 0.2) is 41.8 Å². The molecule has 2 aliphatic rings. The van der Waals surface area contributed by atoms with Gasteiger partial charge in [-0.1, -0.05) is 32.0 Å². The topological polar surface area (TPSA) is 419 Å². The van der Waals surface area contributed by atoms with Gasteiger partial charge in [0.05, 0.1) is 13.0 Å². The van der Waals surface area contributed by atoms with Crippen LogP contribution in [-0.4, -0.2) is 143 Å². The molecule has 26 nitrogen and oxygen atoms in total. The van der Waals surface area contributed by atoms with Crippen molar-refractivity contribution in [2.45, 2.75) is 120 Å². The molecule has 2 aromatic rings. The Bertz CT molecular complexity index is 2330. The molecule has 3 heterocycles. The van der Waals surface area contributed by atoms with Crippen LogP contribution in [0.1, 0.15) is 75.7 Å². The van der Waals surface area contributed by atoms with Crippen LogP contribution in [-0.2, 0) is 70.4 Å². The maximum absolute atomic E-state index is 14.5. The van der Waals surface area contributed by atoms with Crippen molar-refractivity contribution < 1.29 is 67.6 Å². The number of aromatic hydroxyl groups is 1. The molecule has 1 aromatic heterocycles. The molecule has 2 saturated heterocycles. The lowest BCUT2D eigenvalue weighted by atomic mass is 9.95. The van der Waals surface area contributed by atoms with Gasteiger partial charge in [-0.3, -0.25) is 52.7 Å². The van der Waals surface area contributed by atoms with Crippen molar-refractivity contribution in [2.75, 3.05) is 19.6 Å². The molecule has 2 aliphatic heterocycles. The van der Waals surface area contributed by atoms with Gasteiger partial charge in [0.2, 0.25) is 59.1 Å². The Morgan fingerprint density at radius 3 is 2.15 bits per heavy atom. The van der Waals surface area contributed by atoms with Gasteiger partial charge in [-0.15, -0.1) is 11.3 Å². The summed E-state index contributed by atoms with van der Waals surface area (Å²) in [5, 5.41) is 28.1. The van der Waals surface area contributed by atoms with E-state index in [9.17, 15) is 62.6 Å². The number of amides is 12. The number of benzene rings is 1. The van der Waals surface area contributed by atoms with Crippen molar-refractivity contribution in [3.8, 4) is 5.75 Å². The Morgan fingerprint density at radius 2 is 1.53 bits per heavy atom. The predicted octanol–water partition coefficient (Wildman–Crippen LogP) is -4.90. The van der Waals surface area contributed by atoms with E-state index in [0.717, 1.165) is 4.90 Å². The molecular formula is C45H63N13O13S. The van der Waals surface area contributed by atoms with Gasteiger partial charge in [0.15, 0.2) is 6.04 Å². The van der Waals surface area contributed by atoms with Crippen molar-refractivity contribution in [3.05, 3.63) is 58.1 Å². The van der Waals surface area contributed by atoms with Gasteiger partial charge in [0.1, 0.15) is 42.0 Å². The van der Waals surface area contributed by atoms with Gasteiger partial charge < -0.3 is 75.3 Å². The fraction of sp³-hybridized carbons (Fsp3) is 0.511. The predicted molar refractivity (Wildman–Crippen MR) is 254 cm³/mol. The SMILES string of the molecule is CCC(C)C1C(=O)N[C@@H](CCC(N)=O)C(=O)N[C@@H](CC(N)=O)C(=O)N[C@H](C(=O)N2CCCC2C(=O)N[C@@H](Cc2cccs2)C(=O)NCC(N)=O)CNC(=O)CCC(=O)N[C@@H](Cc2ccc(O)cc2)C(=O)[NH+]1[NH-]. The molecule has 1 aromatic carbocycles. The number of likely N-dealkylation sites (tertiary alicyclic amines) is 1. The van der Waals surface area contributed by atoms with Crippen molar-refractivity contribution in [1.82, 2.24) is 42.1 Å². The van der Waals surface area contributed by atoms with Crippen molar-refractivity contribution in [1.29, 1.82) is 0 Å². The minimum Gasteiger partial charge on any atom is -0.508 e. The first-order valence-corrected chi connectivity index (χ1v) is 24.1. The average molecular weight is 1030 g/mol. The summed E-state index contributed by atoms with van der Waals surface area (Å²) in [5.41, 5.74) is 16.5. The quantitative estimate of drug-likeness (QED) is 0.0708. The summed E-state index contributed by atoms with van der Waals surface area (Å²) < 4.78 is 0. The van der Waals surface area contributed by atoms with Crippen LogP contribution in [0.5, 0.6) is 5.75 Å².